The summed E-state index contributed by atoms with van der Waals surface area (Å²) in [5.74, 6) is 0.886. The Morgan fingerprint density at radius 3 is 2.79 bits per heavy atom. The summed E-state index contributed by atoms with van der Waals surface area (Å²) in [5.41, 5.74) is 6.43. The predicted molar refractivity (Wildman–Crippen MR) is 57.4 cm³/mol. The van der Waals surface area contributed by atoms with Crippen LogP contribution in [0.25, 0.3) is 0 Å². The van der Waals surface area contributed by atoms with Crippen LogP contribution in [-0.4, -0.2) is 19.2 Å². The van der Waals surface area contributed by atoms with Gasteiger partial charge in [-0.1, -0.05) is 6.07 Å². The second-order valence-corrected chi connectivity index (χ2v) is 3.64. The molecular formula is C11H16N2O. The lowest BCUT2D eigenvalue weighted by molar-refractivity contribution is 0.162. The lowest BCUT2D eigenvalue weighted by Gasteiger charge is -2.23. The van der Waals surface area contributed by atoms with Gasteiger partial charge in [0.25, 0.3) is 0 Å². The third kappa shape index (κ3) is 2.39. The topological polar surface area (TPSA) is 47.3 Å². The van der Waals surface area contributed by atoms with Gasteiger partial charge in [-0.25, -0.2) is 0 Å². The molecule has 1 aliphatic heterocycles. The summed E-state index contributed by atoms with van der Waals surface area (Å²) in [6.07, 6.45) is 2.50. The van der Waals surface area contributed by atoms with Crippen molar-refractivity contribution < 1.29 is 4.74 Å². The van der Waals surface area contributed by atoms with E-state index in [1.54, 1.807) is 0 Å². The van der Waals surface area contributed by atoms with Gasteiger partial charge < -0.3 is 15.8 Å². The van der Waals surface area contributed by atoms with E-state index < -0.39 is 0 Å². The number of nitrogens with one attached hydrogen (secondary N) is 1. The Kier molecular flexibility index (Phi) is 2.89. The molecule has 0 atom stereocenters. The minimum atomic E-state index is 0.345. The quantitative estimate of drug-likeness (QED) is 0.696. The number of piperidine rings is 1. The zero-order chi connectivity index (χ0) is 9.80. The van der Waals surface area contributed by atoms with Gasteiger partial charge in [-0.2, -0.15) is 0 Å². The van der Waals surface area contributed by atoms with E-state index in [1.165, 1.54) is 0 Å². The van der Waals surface area contributed by atoms with E-state index in [4.69, 9.17) is 10.5 Å². The molecule has 0 aliphatic carbocycles. The van der Waals surface area contributed by atoms with Crippen LogP contribution in [0.2, 0.25) is 0 Å². The molecule has 3 N–H and O–H groups in total. The summed E-state index contributed by atoms with van der Waals surface area (Å²) in [5, 5.41) is 3.31. The molecule has 1 saturated heterocycles. The summed E-state index contributed by atoms with van der Waals surface area (Å²) < 4.78 is 5.82. The lowest BCUT2D eigenvalue weighted by Crippen LogP contribution is -2.34. The van der Waals surface area contributed by atoms with Gasteiger partial charge in [0.15, 0.2) is 0 Å². The Bertz CT molecular complexity index is 295. The van der Waals surface area contributed by atoms with E-state index >= 15 is 0 Å². The molecule has 1 aromatic rings. The molecule has 0 unspecified atom stereocenters. The van der Waals surface area contributed by atoms with Crippen molar-refractivity contribution >= 4 is 5.69 Å². The first-order valence-corrected chi connectivity index (χ1v) is 5.07. The van der Waals surface area contributed by atoms with Crippen molar-refractivity contribution in [3.63, 3.8) is 0 Å². The van der Waals surface area contributed by atoms with Crippen LogP contribution in [0.3, 0.4) is 0 Å². The molecule has 1 aromatic carbocycles. The number of nitrogens with two attached hydrogens (primary N) is 1. The molecule has 0 spiro atoms. The fraction of sp³-hybridized carbons (Fsp3) is 0.455. The summed E-state index contributed by atoms with van der Waals surface area (Å²) in [6.45, 7) is 2.10. The van der Waals surface area contributed by atoms with Crippen molar-refractivity contribution in [2.45, 2.75) is 18.9 Å². The van der Waals surface area contributed by atoms with Gasteiger partial charge in [-0.15, -0.1) is 0 Å². The highest BCUT2D eigenvalue weighted by molar-refractivity contribution is 5.43. The minimum absolute atomic E-state index is 0.345. The smallest absolute Gasteiger partial charge is 0.121 e. The summed E-state index contributed by atoms with van der Waals surface area (Å²) in [6, 6.07) is 7.63. The third-order valence-electron chi connectivity index (χ3n) is 2.45. The minimum Gasteiger partial charge on any atom is -0.490 e. The highest BCUT2D eigenvalue weighted by atomic mass is 16.5. The molecule has 1 fully saturated rings. The molecule has 1 aliphatic rings. The van der Waals surface area contributed by atoms with Gasteiger partial charge >= 0.3 is 0 Å². The van der Waals surface area contributed by atoms with Crippen molar-refractivity contribution in [3.8, 4) is 5.75 Å². The lowest BCUT2D eigenvalue weighted by atomic mass is 10.1. The number of hydrogen-bond donors (Lipinski definition) is 2. The SMILES string of the molecule is Nc1cccc(OC2CCNCC2)c1. The molecule has 0 aromatic heterocycles. The van der Waals surface area contributed by atoms with Crippen LogP contribution in [0.5, 0.6) is 5.75 Å². The van der Waals surface area contributed by atoms with Crippen molar-refractivity contribution in [1.29, 1.82) is 0 Å². The van der Waals surface area contributed by atoms with E-state index in [0.717, 1.165) is 37.4 Å². The van der Waals surface area contributed by atoms with Gasteiger partial charge in [0, 0.05) is 11.8 Å². The Hall–Kier alpha value is -1.22. The van der Waals surface area contributed by atoms with Gasteiger partial charge in [0.1, 0.15) is 11.9 Å². The van der Waals surface area contributed by atoms with Crippen LogP contribution in [0.4, 0.5) is 5.69 Å². The van der Waals surface area contributed by atoms with Crippen molar-refractivity contribution in [3.05, 3.63) is 24.3 Å². The number of anilines is 1. The molecule has 76 valence electrons. The first-order chi connectivity index (χ1) is 6.84. The number of hydrogen-bond acceptors (Lipinski definition) is 3. The van der Waals surface area contributed by atoms with Crippen LogP contribution in [0.15, 0.2) is 24.3 Å². The van der Waals surface area contributed by atoms with Gasteiger partial charge in [0.05, 0.1) is 0 Å². The fourth-order valence-corrected chi connectivity index (χ4v) is 1.69. The molecule has 0 radical (unpaired) electrons. The highest BCUT2D eigenvalue weighted by Crippen LogP contribution is 2.18. The van der Waals surface area contributed by atoms with E-state index in [0.29, 0.717) is 6.10 Å². The Morgan fingerprint density at radius 1 is 1.29 bits per heavy atom. The molecule has 1 heterocycles. The zero-order valence-electron chi connectivity index (χ0n) is 8.20. The molecule has 3 heteroatoms. The standard InChI is InChI=1S/C11H16N2O/c12-9-2-1-3-11(8-9)14-10-4-6-13-7-5-10/h1-3,8,10,13H,4-7,12H2. The number of nitrogen functional groups attached to an aromatic ring is 1. The van der Waals surface area contributed by atoms with E-state index in [9.17, 15) is 0 Å². The average Bonchev–Trinajstić information content (AvgIpc) is 2.19. The zero-order valence-corrected chi connectivity index (χ0v) is 8.20. The molecule has 14 heavy (non-hydrogen) atoms. The molecule has 3 nitrogen and oxygen atoms in total. The molecular weight excluding hydrogens is 176 g/mol. The Labute approximate surface area is 84.3 Å². The molecule has 2 rings (SSSR count). The molecule has 0 saturated carbocycles. The van der Waals surface area contributed by atoms with Crippen molar-refractivity contribution in [2.24, 2.45) is 0 Å². The number of ether oxygens (including phenoxy) is 1. The maximum Gasteiger partial charge on any atom is 0.121 e. The predicted octanol–water partition coefficient (Wildman–Crippen LogP) is 1.40. The first-order valence-electron chi connectivity index (χ1n) is 5.07. The first kappa shape index (κ1) is 9.34. The number of rotatable bonds is 2. The van der Waals surface area contributed by atoms with Gasteiger partial charge in [-0.3, -0.25) is 0 Å². The summed E-state index contributed by atoms with van der Waals surface area (Å²) >= 11 is 0. The van der Waals surface area contributed by atoms with E-state index in [-0.39, 0.29) is 0 Å². The molecule has 0 bridgehead atoms. The second-order valence-electron chi connectivity index (χ2n) is 3.64. The largest absolute Gasteiger partial charge is 0.490 e. The van der Waals surface area contributed by atoms with Gasteiger partial charge in [-0.05, 0) is 38.1 Å². The van der Waals surface area contributed by atoms with Crippen LogP contribution in [0.1, 0.15) is 12.8 Å². The maximum atomic E-state index is 5.82. The van der Waals surface area contributed by atoms with Crippen molar-refractivity contribution in [1.82, 2.24) is 5.32 Å². The third-order valence-corrected chi connectivity index (χ3v) is 2.45. The average molecular weight is 192 g/mol. The van der Waals surface area contributed by atoms with Crippen LogP contribution in [0, 0.1) is 0 Å². The maximum absolute atomic E-state index is 5.82. The molecule has 0 amide bonds. The van der Waals surface area contributed by atoms with Crippen LogP contribution in [-0.2, 0) is 0 Å². The number of benzene rings is 1. The highest BCUT2D eigenvalue weighted by Gasteiger charge is 2.13. The monoisotopic (exact) mass is 192 g/mol. The Balaban J connectivity index is 1.95. The van der Waals surface area contributed by atoms with Crippen molar-refractivity contribution in [2.75, 3.05) is 18.8 Å². The normalized spacial score (nSPS) is 18.0. The van der Waals surface area contributed by atoms with Crippen LogP contribution < -0.4 is 15.8 Å². The Morgan fingerprint density at radius 2 is 2.07 bits per heavy atom. The summed E-state index contributed by atoms with van der Waals surface area (Å²) in [4.78, 5) is 0. The van der Waals surface area contributed by atoms with E-state index in [2.05, 4.69) is 5.32 Å². The summed E-state index contributed by atoms with van der Waals surface area (Å²) in [7, 11) is 0. The van der Waals surface area contributed by atoms with E-state index in [1.807, 2.05) is 24.3 Å². The fourth-order valence-electron chi connectivity index (χ4n) is 1.69. The van der Waals surface area contributed by atoms with Crippen LogP contribution >= 0.6 is 0 Å². The van der Waals surface area contributed by atoms with Gasteiger partial charge in [0.2, 0.25) is 0 Å². The second kappa shape index (κ2) is 4.33.